The molecule has 26 heavy (non-hydrogen) atoms. The number of para-hydroxylation sites is 1. The molecule has 1 N–H and O–H groups in total. The summed E-state index contributed by atoms with van der Waals surface area (Å²) in [7, 11) is 0. The van der Waals surface area contributed by atoms with Gasteiger partial charge in [0.15, 0.2) is 0 Å². The number of hydrogen-bond donors (Lipinski definition) is 1. The van der Waals surface area contributed by atoms with Crippen LogP contribution < -0.4 is 10.2 Å². The fourth-order valence-corrected chi connectivity index (χ4v) is 3.63. The topological polar surface area (TPSA) is 58.1 Å². The van der Waals surface area contributed by atoms with Gasteiger partial charge in [0.1, 0.15) is 18.2 Å². The van der Waals surface area contributed by atoms with E-state index in [1.807, 2.05) is 43.3 Å². The molecule has 0 radical (unpaired) electrons. The second kappa shape index (κ2) is 6.92. The molecule has 0 saturated carbocycles. The molecule has 0 spiro atoms. The number of hydrogen-bond acceptors (Lipinski definition) is 4. The van der Waals surface area contributed by atoms with Crippen LogP contribution in [0.25, 0.3) is 10.9 Å². The van der Waals surface area contributed by atoms with Crippen molar-refractivity contribution in [3.8, 4) is 0 Å². The fourth-order valence-electron chi connectivity index (χ4n) is 3.46. The molecule has 1 atom stereocenters. The van der Waals surface area contributed by atoms with Gasteiger partial charge in [0, 0.05) is 22.6 Å². The number of aryl methyl sites for hydroxylation is 1. The van der Waals surface area contributed by atoms with Crippen LogP contribution in [0.5, 0.6) is 0 Å². The summed E-state index contributed by atoms with van der Waals surface area (Å²) in [6.45, 7) is 2.75. The van der Waals surface area contributed by atoms with Crippen molar-refractivity contribution in [2.24, 2.45) is 0 Å². The van der Waals surface area contributed by atoms with Crippen LogP contribution in [0.4, 0.5) is 11.5 Å². The lowest BCUT2D eigenvalue weighted by Crippen LogP contribution is -2.40. The summed E-state index contributed by atoms with van der Waals surface area (Å²) in [4.78, 5) is 23.8. The van der Waals surface area contributed by atoms with Crippen LogP contribution in [0.1, 0.15) is 18.4 Å². The van der Waals surface area contributed by atoms with Crippen molar-refractivity contribution < 1.29 is 4.79 Å². The highest BCUT2D eigenvalue weighted by Crippen LogP contribution is 2.30. The molecule has 4 rings (SSSR count). The minimum Gasteiger partial charge on any atom is -0.344 e. The Morgan fingerprint density at radius 3 is 2.96 bits per heavy atom. The Kier molecular flexibility index (Phi) is 4.47. The Labute approximate surface area is 157 Å². The van der Waals surface area contributed by atoms with Gasteiger partial charge >= 0.3 is 0 Å². The van der Waals surface area contributed by atoms with Crippen molar-refractivity contribution in [3.63, 3.8) is 0 Å². The molecule has 0 bridgehead atoms. The second-order valence-electron chi connectivity index (χ2n) is 6.51. The van der Waals surface area contributed by atoms with E-state index < -0.39 is 0 Å². The zero-order chi connectivity index (χ0) is 18.1. The van der Waals surface area contributed by atoms with E-state index in [0.717, 1.165) is 47.4 Å². The molecule has 2 aromatic carbocycles. The molecule has 0 unspecified atom stereocenters. The third-order valence-corrected chi connectivity index (χ3v) is 5.04. The van der Waals surface area contributed by atoms with Crippen molar-refractivity contribution in [2.45, 2.75) is 25.8 Å². The predicted molar refractivity (Wildman–Crippen MR) is 105 cm³/mol. The zero-order valence-electron chi connectivity index (χ0n) is 14.4. The summed E-state index contributed by atoms with van der Waals surface area (Å²) in [5, 5.41) is 4.61. The van der Waals surface area contributed by atoms with Crippen molar-refractivity contribution in [3.05, 3.63) is 59.4 Å². The Balaban J connectivity index is 1.64. The summed E-state index contributed by atoms with van der Waals surface area (Å²) < 4.78 is 0. The number of nitrogens with one attached hydrogen (secondary N) is 1. The molecule has 1 saturated heterocycles. The van der Waals surface area contributed by atoms with E-state index in [1.165, 1.54) is 0 Å². The first-order chi connectivity index (χ1) is 12.6. The van der Waals surface area contributed by atoms with E-state index in [9.17, 15) is 4.79 Å². The first-order valence-corrected chi connectivity index (χ1v) is 9.05. The Hall–Kier alpha value is -2.66. The van der Waals surface area contributed by atoms with Gasteiger partial charge in [-0.2, -0.15) is 0 Å². The molecule has 6 heteroatoms. The molecule has 2 heterocycles. The summed E-state index contributed by atoms with van der Waals surface area (Å²) in [5.41, 5.74) is 2.62. The maximum atomic E-state index is 13.0. The van der Waals surface area contributed by atoms with Crippen LogP contribution in [-0.4, -0.2) is 28.5 Å². The minimum atomic E-state index is -0.258. The average Bonchev–Trinajstić information content (AvgIpc) is 3.14. The molecular formula is C20H19ClN4O. The van der Waals surface area contributed by atoms with Gasteiger partial charge in [0.2, 0.25) is 5.91 Å². The van der Waals surface area contributed by atoms with Gasteiger partial charge in [-0.25, -0.2) is 9.97 Å². The molecule has 1 aliphatic rings. The highest BCUT2D eigenvalue weighted by atomic mass is 35.5. The maximum Gasteiger partial charge on any atom is 0.247 e. The molecule has 1 aliphatic heterocycles. The third kappa shape index (κ3) is 3.10. The molecule has 5 nitrogen and oxygen atoms in total. The van der Waals surface area contributed by atoms with Gasteiger partial charge in [0.25, 0.3) is 0 Å². The van der Waals surface area contributed by atoms with Crippen LogP contribution in [0.2, 0.25) is 5.02 Å². The van der Waals surface area contributed by atoms with Crippen molar-refractivity contribution >= 4 is 39.9 Å². The summed E-state index contributed by atoms with van der Waals surface area (Å²) in [6, 6.07) is 13.1. The van der Waals surface area contributed by atoms with Crippen LogP contribution in [0.3, 0.4) is 0 Å². The Morgan fingerprint density at radius 2 is 2.08 bits per heavy atom. The molecule has 132 valence electrons. The monoisotopic (exact) mass is 366 g/mol. The third-order valence-electron chi connectivity index (χ3n) is 4.81. The standard InChI is InChI=1S/C20H19ClN4O/c1-13-8-9-14(21)11-17(13)24-20(26)18-7-4-10-25(18)19-15-5-2-3-6-16(15)22-12-23-19/h2-3,5-6,8-9,11-12,18H,4,7,10H2,1H3,(H,24,26)/t18-/m1/s1. The fraction of sp³-hybridized carbons (Fsp3) is 0.250. The number of halogens is 1. The molecule has 1 fully saturated rings. The SMILES string of the molecule is Cc1ccc(Cl)cc1NC(=O)[C@H]1CCCN1c1ncnc2ccccc12. The van der Waals surface area contributed by atoms with Crippen LogP contribution in [0, 0.1) is 6.92 Å². The Bertz CT molecular complexity index is 970. The van der Waals surface area contributed by atoms with Crippen LogP contribution >= 0.6 is 11.6 Å². The number of anilines is 2. The first kappa shape index (κ1) is 16.8. The minimum absolute atomic E-state index is 0.0319. The lowest BCUT2D eigenvalue weighted by atomic mass is 10.1. The molecule has 0 aliphatic carbocycles. The van der Waals surface area contributed by atoms with E-state index in [4.69, 9.17) is 11.6 Å². The van der Waals surface area contributed by atoms with Crippen LogP contribution in [0.15, 0.2) is 48.8 Å². The lowest BCUT2D eigenvalue weighted by molar-refractivity contribution is -0.117. The molecule has 3 aromatic rings. The molecule has 1 aromatic heterocycles. The van der Waals surface area contributed by atoms with Crippen molar-refractivity contribution in [2.75, 3.05) is 16.8 Å². The number of nitrogens with zero attached hydrogens (tertiary/aromatic N) is 3. The van der Waals surface area contributed by atoms with E-state index in [1.54, 1.807) is 12.4 Å². The van der Waals surface area contributed by atoms with Crippen molar-refractivity contribution in [1.29, 1.82) is 0 Å². The van der Waals surface area contributed by atoms with Gasteiger partial charge < -0.3 is 10.2 Å². The highest BCUT2D eigenvalue weighted by molar-refractivity contribution is 6.31. The van der Waals surface area contributed by atoms with Gasteiger partial charge in [-0.05, 0) is 49.6 Å². The molecular weight excluding hydrogens is 348 g/mol. The number of benzene rings is 2. The van der Waals surface area contributed by atoms with Crippen molar-refractivity contribution in [1.82, 2.24) is 9.97 Å². The first-order valence-electron chi connectivity index (χ1n) is 8.67. The smallest absolute Gasteiger partial charge is 0.247 e. The number of amides is 1. The second-order valence-corrected chi connectivity index (χ2v) is 6.95. The summed E-state index contributed by atoms with van der Waals surface area (Å²) in [5.74, 6) is 0.784. The van der Waals surface area contributed by atoms with E-state index >= 15 is 0 Å². The average molecular weight is 367 g/mol. The van der Waals surface area contributed by atoms with Crippen LogP contribution in [-0.2, 0) is 4.79 Å². The summed E-state index contributed by atoms with van der Waals surface area (Å²) in [6.07, 6.45) is 3.31. The summed E-state index contributed by atoms with van der Waals surface area (Å²) >= 11 is 6.07. The normalized spacial score (nSPS) is 16.8. The quantitative estimate of drug-likeness (QED) is 0.754. The number of rotatable bonds is 3. The van der Waals surface area contributed by atoms with Gasteiger partial charge in [-0.3, -0.25) is 4.79 Å². The number of carbonyl (C=O) groups excluding carboxylic acids is 1. The maximum absolute atomic E-state index is 13.0. The lowest BCUT2D eigenvalue weighted by Gasteiger charge is -2.26. The van der Waals surface area contributed by atoms with E-state index in [2.05, 4.69) is 20.2 Å². The Morgan fingerprint density at radius 1 is 1.23 bits per heavy atom. The van der Waals surface area contributed by atoms with E-state index in [-0.39, 0.29) is 11.9 Å². The molecule has 1 amide bonds. The number of carbonyl (C=O) groups is 1. The predicted octanol–water partition coefficient (Wildman–Crippen LogP) is 4.20. The number of fused-ring (bicyclic) bond motifs is 1. The van der Waals surface area contributed by atoms with E-state index in [0.29, 0.717) is 5.02 Å². The largest absolute Gasteiger partial charge is 0.344 e. The van der Waals surface area contributed by atoms with Gasteiger partial charge in [0.05, 0.1) is 5.52 Å². The highest BCUT2D eigenvalue weighted by Gasteiger charge is 2.32. The zero-order valence-corrected chi connectivity index (χ0v) is 15.2. The van der Waals surface area contributed by atoms with Gasteiger partial charge in [-0.15, -0.1) is 0 Å². The van der Waals surface area contributed by atoms with Gasteiger partial charge in [-0.1, -0.05) is 29.8 Å². The number of aromatic nitrogens is 2.